The number of likely N-dealkylation sites (tertiary alicyclic amines) is 1. The topological polar surface area (TPSA) is 157 Å². The number of carbonyl (C=O) groups is 3. The number of ether oxygens (including phenoxy) is 1. The molecule has 1 aromatic carbocycles. The van der Waals surface area contributed by atoms with Gasteiger partial charge in [0, 0.05) is 32.3 Å². The predicted molar refractivity (Wildman–Crippen MR) is 136 cm³/mol. The Morgan fingerprint density at radius 1 is 1.21 bits per heavy atom. The summed E-state index contributed by atoms with van der Waals surface area (Å²) in [6, 6.07) is 7.38. The minimum atomic E-state index is -3.78. The summed E-state index contributed by atoms with van der Waals surface area (Å²) in [6.45, 7) is 1.91. The minimum absolute atomic E-state index is 0.0199. The summed E-state index contributed by atoms with van der Waals surface area (Å²) in [7, 11) is -3.78. The smallest absolute Gasteiger partial charge is 0.290 e. The highest BCUT2D eigenvalue weighted by Crippen LogP contribution is 2.44. The van der Waals surface area contributed by atoms with Crippen molar-refractivity contribution in [3.63, 3.8) is 0 Å². The summed E-state index contributed by atoms with van der Waals surface area (Å²) in [5.41, 5.74) is -1.13. The van der Waals surface area contributed by atoms with Gasteiger partial charge in [-0.15, -0.1) is 0 Å². The molecule has 1 aliphatic carbocycles. The van der Waals surface area contributed by atoms with Crippen LogP contribution in [0.15, 0.2) is 29.2 Å². The third kappa shape index (κ3) is 5.44. The van der Waals surface area contributed by atoms with Gasteiger partial charge in [-0.3, -0.25) is 24.2 Å². The number of sulfone groups is 1. The van der Waals surface area contributed by atoms with Crippen LogP contribution >= 0.6 is 11.6 Å². The second kappa shape index (κ2) is 11.7. The Bertz CT molecular complexity index is 1210. The van der Waals surface area contributed by atoms with E-state index in [1.807, 2.05) is 0 Å². The number of carbonyl (C=O) groups excluding carboxylic acids is 2. The Morgan fingerprint density at radius 3 is 2.42 bits per heavy atom. The number of benzene rings is 1. The van der Waals surface area contributed by atoms with Crippen LogP contribution in [0.1, 0.15) is 38.5 Å². The Morgan fingerprint density at radius 2 is 1.87 bits per heavy atom. The normalized spacial score (nSPS) is 26.7. The molecule has 5 rings (SSSR count). The molecule has 0 radical (unpaired) electrons. The molecule has 3 heterocycles. The molecule has 3 saturated heterocycles. The molecule has 2 N–H and O–H groups in total. The van der Waals surface area contributed by atoms with Gasteiger partial charge < -0.3 is 15.2 Å². The maximum atomic E-state index is 13.7. The van der Waals surface area contributed by atoms with E-state index in [1.54, 1.807) is 12.1 Å². The van der Waals surface area contributed by atoms with E-state index in [4.69, 9.17) is 26.2 Å². The quantitative estimate of drug-likeness (QED) is 0.379. The SMILES string of the molecule is N#CC1(N(C(=O)C2CCN2C2CCOCC2)C(=O)[C@@H]2C[C@@H](S(=O)(=O)c3ccccc3Cl)CN2)CC1.O=CO. The van der Waals surface area contributed by atoms with E-state index in [0.717, 1.165) is 24.3 Å². The van der Waals surface area contributed by atoms with Gasteiger partial charge in [-0.1, -0.05) is 23.7 Å². The van der Waals surface area contributed by atoms with E-state index in [2.05, 4.69) is 16.3 Å². The molecule has 2 amide bonds. The lowest BCUT2D eigenvalue weighted by Gasteiger charge is -2.48. The predicted octanol–water partition coefficient (Wildman–Crippen LogP) is 1.21. The Kier molecular flexibility index (Phi) is 8.74. The van der Waals surface area contributed by atoms with Crippen LogP contribution in [0.4, 0.5) is 0 Å². The molecule has 4 aliphatic rings. The highest BCUT2D eigenvalue weighted by atomic mass is 35.5. The largest absolute Gasteiger partial charge is 0.483 e. The van der Waals surface area contributed by atoms with Crippen LogP contribution < -0.4 is 5.32 Å². The summed E-state index contributed by atoms with van der Waals surface area (Å²) >= 11 is 6.13. The fraction of sp³-hybridized carbons (Fsp3) is 0.600. The fourth-order valence-corrected chi connectivity index (χ4v) is 7.64. The lowest BCUT2D eigenvalue weighted by Crippen LogP contribution is -2.64. The first-order valence-electron chi connectivity index (χ1n) is 12.6. The maximum Gasteiger partial charge on any atom is 0.290 e. The van der Waals surface area contributed by atoms with Crippen LogP contribution in [0.2, 0.25) is 5.02 Å². The first-order valence-corrected chi connectivity index (χ1v) is 14.5. The Hall–Kier alpha value is -2.56. The zero-order valence-corrected chi connectivity index (χ0v) is 22.4. The van der Waals surface area contributed by atoms with E-state index in [1.165, 1.54) is 12.1 Å². The molecule has 0 aromatic heterocycles. The van der Waals surface area contributed by atoms with Crippen molar-refractivity contribution in [2.45, 2.75) is 72.3 Å². The number of amides is 2. The summed E-state index contributed by atoms with van der Waals surface area (Å²) in [5, 5.41) is 19.0. The van der Waals surface area contributed by atoms with Crippen molar-refractivity contribution in [2.24, 2.45) is 0 Å². The van der Waals surface area contributed by atoms with Gasteiger partial charge >= 0.3 is 0 Å². The van der Waals surface area contributed by atoms with Gasteiger partial charge in [0.25, 0.3) is 6.47 Å². The number of nitriles is 1. The van der Waals surface area contributed by atoms with Crippen LogP contribution in [0, 0.1) is 11.3 Å². The second-order valence-corrected chi connectivity index (χ2v) is 12.5. The summed E-state index contributed by atoms with van der Waals surface area (Å²) < 4.78 is 31.8. The number of imide groups is 1. The monoisotopic (exact) mass is 566 g/mol. The molecule has 3 atom stereocenters. The molecular weight excluding hydrogens is 536 g/mol. The summed E-state index contributed by atoms with van der Waals surface area (Å²) in [6.07, 6.45) is 3.23. The van der Waals surface area contributed by atoms with Gasteiger partial charge in [0.2, 0.25) is 11.8 Å². The maximum absolute atomic E-state index is 13.7. The van der Waals surface area contributed by atoms with E-state index < -0.39 is 38.6 Å². The molecule has 206 valence electrons. The Balaban J connectivity index is 0.00000107. The third-order valence-electron chi connectivity index (χ3n) is 7.78. The highest BCUT2D eigenvalue weighted by Gasteiger charge is 2.58. The van der Waals surface area contributed by atoms with E-state index in [9.17, 15) is 23.3 Å². The van der Waals surface area contributed by atoms with E-state index >= 15 is 0 Å². The number of carboxylic acid groups (broad SMARTS) is 1. The molecule has 0 bridgehead atoms. The van der Waals surface area contributed by atoms with Gasteiger partial charge in [-0.25, -0.2) is 8.42 Å². The standard InChI is InChI=1S/C24H29ClN4O5S.CH2O2/c25-18-3-1-2-4-21(18)35(32,33)17-13-19(27-14-17)22(30)29(24(15-26)8-9-24)23(31)20-5-10-28(20)16-6-11-34-12-7-16;2-1-3/h1-4,16-17,19-20,27H,5-14H2;1H,(H,2,3)/t17-,19+,20?;/m1./s1. The second-order valence-electron chi connectivity index (χ2n) is 9.94. The number of hydrogen-bond acceptors (Lipinski definition) is 9. The average Bonchev–Trinajstić information content (AvgIpc) is 3.48. The molecule has 38 heavy (non-hydrogen) atoms. The molecule has 1 unspecified atom stereocenters. The van der Waals surface area contributed by atoms with Gasteiger partial charge in [-0.05, 0) is 50.7 Å². The number of hydrogen-bond donors (Lipinski definition) is 2. The number of nitrogens with one attached hydrogen (secondary N) is 1. The Labute approximate surface area is 226 Å². The number of halogens is 1. The van der Waals surface area contributed by atoms with Gasteiger partial charge in [-0.2, -0.15) is 5.26 Å². The molecule has 13 heteroatoms. The average molecular weight is 567 g/mol. The van der Waals surface area contributed by atoms with Gasteiger partial charge in [0.05, 0.1) is 33.3 Å². The van der Waals surface area contributed by atoms with Crippen molar-refractivity contribution in [2.75, 3.05) is 26.3 Å². The first kappa shape index (κ1) is 28.4. The highest BCUT2D eigenvalue weighted by molar-refractivity contribution is 7.92. The lowest BCUT2D eigenvalue weighted by molar-refractivity contribution is -0.157. The summed E-state index contributed by atoms with van der Waals surface area (Å²) in [4.78, 5) is 39.0. The molecular formula is C25H31ClN4O7S. The van der Waals surface area contributed by atoms with Crippen LogP contribution in [0.3, 0.4) is 0 Å². The van der Waals surface area contributed by atoms with E-state index in [0.29, 0.717) is 32.5 Å². The third-order valence-corrected chi connectivity index (χ3v) is 10.4. The zero-order chi connectivity index (χ0) is 27.5. The molecule has 1 saturated carbocycles. The lowest BCUT2D eigenvalue weighted by atomic mass is 9.93. The van der Waals surface area contributed by atoms with Crippen LogP contribution in [0.25, 0.3) is 0 Å². The van der Waals surface area contributed by atoms with Crippen LogP contribution in [-0.4, -0.2) is 96.8 Å². The van der Waals surface area contributed by atoms with E-state index in [-0.39, 0.29) is 41.3 Å². The van der Waals surface area contributed by atoms with Crippen molar-refractivity contribution in [3.8, 4) is 6.07 Å². The van der Waals surface area contributed by atoms with Crippen LogP contribution in [-0.2, 0) is 29.0 Å². The van der Waals surface area contributed by atoms with Crippen molar-refractivity contribution in [1.29, 1.82) is 5.26 Å². The zero-order valence-electron chi connectivity index (χ0n) is 20.8. The van der Waals surface area contributed by atoms with Gasteiger partial charge in [0.1, 0.15) is 5.54 Å². The number of nitrogens with zero attached hydrogens (tertiary/aromatic N) is 3. The van der Waals surface area contributed by atoms with Crippen molar-refractivity contribution >= 4 is 39.7 Å². The van der Waals surface area contributed by atoms with Gasteiger partial charge in [0.15, 0.2) is 9.84 Å². The molecule has 4 fully saturated rings. The van der Waals surface area contributed by atoms with Crippen LogP contribution in [0.5, 0.6) is 0 Å². The van der Waals surface area contributed by atoms with Crippen molar-refractivity contribution in [3.05, 3.63) is 29.3 Å². The van der Waals surface area contributed by atoms with Crippen molar-refractivity contribution in [1.82, 2.24) is 15.1 Å². The molecule has 3 aliphatic heterocycles. The summed E-state index contributed by atoms with van der Waals surface area (Å²) in [5.74, 6) is -0.851. The fourth-order valence-electron chi connectivity index (χ4n) is 5.45. The molecule has 11 nitrogen and oxygen atoms in total. The minimum Gasteiger partial charge on any atom is -0.483 e. The molecule has 0 spiro atoms. The number of rotatable bonds is 6. The van der Waals surface area contributed by atoms with Crippen molar-refractivity contribution < 1.29 is 32.6 Å². The molecule has 1 aromatic rings. The first-order chi connectivity index (χ1) is 18.2.